The first kappa shape index (κ1) is 58.4. The van der Waals surface area contributed by atoms with Crippen molar-refractivity contribution in [1.82, 2.24) is 14.7 Å². The van der Waals surface area contributed by atoms with Gasteiger partial charge in [-0.05, 0) is 72.4 Å². The number of carboxylic acid groups (broad SMARTS) is 1. The highest BCUT2D eigenvalue weighted by Crippen LogP contribution is 2.33. The van der Waals surface area contributed by atoms with E-state index in [2.05, 4.69) is 6.58 Å². The molecule has 16 heteroatoms. The first-order valence-electron chi connectivity index (χ1n) is 25.1. The van der Waals surface area contributed by atoms with E-state index in [4.69, 9.17) is 9.47 Å². The van der Waals surface area contributed by atoms with E-state index < -0.39 is 77.7 Å². The molecule has 392 valence electrons. The summed E-state index contributed by atoms with van der Waals surface area (Å²) in [4.78, 5) is 127. The van der Waals surface area contributed by atoms with Crippen LogP contribution in [0.5, 0.6) is 0 Å². The number of nitrogens with zero attached hydrogens (tertiary/aromatic N) is 4. The van der Waals surface area contributed by atoms with Gasteiger partial charge < -0.3 is 29.3 Å². The number of Topliss-reactive ketones (excluding diaryl/α,β-unsaturated/α-hetero) is 2. The van der Waals surface area contributed by atoms with Crippen LogP contribution in [0.2, 0.25) is 0 Å². The second kappa shape index (κ2) is 26.5. The van der Waals surface area contributed by atoms with Crippen molar-refractivity contribution in [2.75, 3.05) is 39.8 Å². The minimum absolute atomic E-state index is 0.0463. The van der Waals surface area contributed by atoms with E-state index in [9.17, 15) is 48.3 Å². The van der Waals surface area contributed by atoms with Gasteiger partial charge in [0.25, 0.3) is 17.7 Å². The lowest BCUT2D eigenvalue weighted by Crippen LogP contribution is -2.54. The molecule has 16 nitrogen and oxygen atoms in total. The minimum atomic E-state index is -1.06. The predicted molar refractivity (Wildman–Crippen MR) is 273 cm³/mol. The summed E-state index contributed by atoms with van der Waals surface area (Å²) in [6.45, 7) is 16.9. The molecule has 0 spiro atoms. The lowest BCUT2D eigenvalue weighted by molar-refractivity contribution is -0.149. The number of anilines is 1. The molecular weight excluding hydrogens is 921 g/mol. The zero-order valence-corrected chi connectivity index (χ0v) is 44.0. The molecule has 4 rings (SSSR count). The molecule has 1 fully saturated rings. The van der Waals surface area contributed by atoms with E-state index in [1.807, 2.05) is 58.0 Å². The Morgan fingerprint density at radius 1 is 0.819 bits per heavy atom. The number of carboxylic acids is 1. The quantitative estimate of drug-likeness (QED) is 0.0711. The minimum Gasteiger partial charge on any atom is -0.481 e. The van der Waals surface area contributed by atoms with Gasteiger partial charge in [0, 0.05) is 83.7 Å². The Kier molecular flexibility index (Phi) is 21.5. The van der Waals surface area contributed by atoms with Gasteiger partial charge in [-0.3, -0.25) is 43.2 Å². The topological polar surface area (TPSA) is 205 Å². The van der Waals surface area contributed by atoms with Crippen LogP contribution in [0.25, 0.3) is 0 Å². The van der Waals surface area contributed by atoms with E-state index in [1.165, 1.54) is 44.4 Å². The number of rotatable bonds is 28. The highest BCUT2D eigenvalue weighted by atomic mass is 16.5. The molecule has 9 atom stereocenters. The number of ketones is 3. The van der Waals surface area contributed by atoms with Crippen molar-refractivity contribution >= 4 is 58.5 Å². The van der Waals surface area contributed by atoms with E-state index in [0.717, 1.165) is 28.7 Å². The molecule has 0 aliphatic carbocycles. The van der Waals surface area contributed by atoms with Gasteiger partial charge in [0.2, 0.25) is 11.8 Å². The van der Waals surface area contributed by atoms with Crippen LogP contribution in [0.4, 0.5) is 5.69 Å². The fourth-order valence-electron chi connectivity index (χ4n) is 10.4. The number of ether oxygens (including phenoxy) is 2. The summed E-state index contributed by atoms with van der Waals surface area (Å²) in [6.07, 6.45) is 3.32. The van der Waals surface area contributed by atoms with Crippen molar-refractivity contribution in [3.8, 4) is 0 Å². The largest absolute Gasteiger partial charge is 0.481 e. The first-order valence-corrected chi connectivity index (χ1v) is 25.1. The summed E-state index contributed by atoms with van der Waals surface area (Å²) in [5.41, 5.74) is 1.31. The van der Waals surface area contributed by atoms with Gasteiger partial charge in [0.05, 0.1) is 48.4 Å². The monoisotopic (exact) mass is 997 g/mol. The maximum atomic E-state index is 14.8. The van der Waals surface area contributed by atoms with Crippen molar-refractivity contribution in [2.45, 2.75) is 130 Å². The molecule has 2 aliphatic rings. The molecule has 0 bridgehead atoms. The highest BCUT2D eigenvalue weighted by Gasteiger charge is 2.44. The number of carbonyl (C=O) groups is 9. The summed E-state index contributed by atoms with van der Waals surface area (Å²) in [5.74, 6) is -7.77. The number of aliphatic carboxylic acids is 1. The molecule has 1 saturated heterocycles. The van der Waals surface area contributed by atoms with Gasteiger partial charge in [0.1, 0.15) is 5.78 Å². The number of methoxy groups -OCH3 is 2. The van der Waals surface area contributed by atoms with Crippen molar-refractivity contribution < 1.29 is 57.7 Å². The molecule has 0 radical (unpaired) electrons. The number of benzene rings is 2. The normalized spacial score (nSPS) is 18.0. The third-order valence-corrected chi connectivity index (χ3v) is 14.6. The number of hydrogen-bond donors (Lipinski definition) is 1. The molecule has 5 amide bonds. The van der Waals surface area contributed by atoms with Crippen LogP contribution in [-0.4, -0.2) is 138 Å². The first-order chi connectivity index (χ1) is 34.0. The molecular formula is C56H76N4O12. The smallest absolute Gasteiger partial charge is 0.307 e. The Balaban J connectivity index is 1.54. The lowest BCUT2D eigenvalue weighted by atomic mass is 9.83. The van der Waals surface area contributed by atoms with Gasteiger partial charge in [-0.25, -0.2) is 4.90 Å². The molecule has 0 unspecified atom stereocenters. The Morgan fingerprint density at radius 2 is 1.46 bits per heavy atom. The number of hydrogen-bond acceptors (Lipinski definition) is 11. The van der Waals surface area contributed by atoms with Gasteiger partial charge >= 0.3 is 5.97 Å². The standard InChI is InChI=1S/C56H76N4O12/c1-13-35(7)52(47(71-11)32-50(66)59-24-18-21-44(59)53(72-12)36(8)45(62)30-40(56(69)70)25-37-19-16-15-17-20-37)58(10)55(68)43(33(3)4)31-46(63)51(34(5)6)57(9)54(67)39-26-38(28-42(61)14-2)27-41(29-39)60-48(64)22-23-49(60)65/h14-17,19-20,22-23,26-27,29,33-36,40,43-44,47,51-53H,2,13,18,21,24-25,28,30-32H2,1,3-12H3,(H,69,70)/t35-,36-,40+,43-,44-,47+,51-,52-,53+/m0/s1. The molecule has 2 aromatic carbocycles. The number of imide groups is 1. The van der Waals surface area contributed by atoms with Crippen molar-refractivity contribution in [2.24, 2.45) is 35.5 Å². The number of carbonyl (C=O) groups excluding carboxylic acids is 8. The second-order valence-corrected chi connectivity index (χ2v) is 20.2. The van der Waals surface area contributed by atoms with E-state index in [0.29, 0.717) is 31.4 Å². The van der Waals surface area contributed by atoms with Crippen LogP contribution in [0.1, 0.15) is 108 Å². The predicted octanol–water partition coefficient (Wildman–Crippen LogP) is 6.56. The lowest BCUT2D eigenvalue weighted by Gasteiger charge is -2.41. The third-order valence-electron chi connectivity index (χ3n) is 14.6. The molecule has 2 aromatic rings. The number of likely N-dealkylation sites (N-methyl/N-ethyl adjacent to an activating group) is 2. The van der Waals surface area contributed by atoms with Gasteiger partial charge in [-0.1, -0.05) is 91.8 Å². The summed E-state index contributed by atoms with van der Waals surface area (Å²) in [7, 11) is 6.13. The second-order valence-electron chi connectivity index (χ2n) is 20.2. The average Bonchev–Trinajstić information content (AvgIpc) is 3.97. The van der Waals surface area contributed by atoms with E-state index in [-0.39, 0.29) is 84.4 Å². The van der Waals surface area contributed by atoms with Crippen molar-refractivity contribution in [3.05, 3.63) is 90.0 Å². The number of allylic oxidation sites excluding steroid dienone is 1. The Hall–Kier alpha value is -6.13. The zero-order chi connectivity index (χ0) is 53.7. The van der Waals surface area contributed by atoms with E-state index >= 15 is 0 Å². The van der Waals surface area contributed by atoms with Crippen LogP contribution in [0, 0.1) is 35.5 Å². The third kappa shape index (κ3) is 14.3. The SMILES string of the molecule is C=CC(=O)Cc1cc(C(=O)N(C)[C@H](C(=O)C[C@H](C(=O)N(C)[C@@H]([C@@H](C)CC)[C@@H](CC(=O)N2CCC[C@H]2[C@H](OC)[C@@H](C)C(=O)C[C@@H](Cc2ccccc2)C(=O)O)OC)C(C)C)C(C)C)cc(N2C(=O)C=CC2=O)c1. The number of amides is 5. The fourth-order valence-corrected chi connectivity index (χ4v) is 10.4. The molecule has 0 aromatic heterocycles. The summed E-state index contributed by atoms with van der Waals surface area (Å²) >= 11 is 0. The molecule has 1 N–H and O–H groups in total. The van der Waals surface area contributed by atoms with Crippen molar-refractivity contribution in [1.29, 1.82) is 0 Å². The van der Waals surface area contributed by atoms with Gasteiger partial charge in [-0.15, -0.1) is 0 Å². The molecule has 72 heavy (non-hydrogen) atoms. The van der Waals surface area contributed by atoms with Crippen LogP contribution < -0.4 is 4.90 Å². The van der Waals surface area contributed by atoms with Crippen LogP contribution in [0.3, 0.4) is 0 Å². The summed E-state index contributed by atoms with van der Waals surface area (Å²) in [5, 5.41) is 10.0. The van der Waals surface area contributed by atoms with E-state index in [1.54, 1.807) is 37.6 Å². The summed E-state index contributed by atoms with van der Waals surface area (Å²) in [6, 6.07) is 11.4. The van der Waals surface area contributed by atoms with Crippen LogP contribution in [-0.2, 0) is 60.7 Å². The molecule has 2 heterocycles. The maximum Gasteiger partial charge on any atom is 0.307 e. The molecule has 2 aliphatic heterocycles. The maximum absolute atomic E-state index is 14.8. The fraction of sp³-hybridized carbons (Fsp3) is 0.554. The number of likely N-dealkylation sites (tertiary alicyclic amines) is 1. The van der Waals surface area contributed by atoms with Crippen LogP contribution in [0.15, 0.2) is 73.3 Å². The Bertz CT molecular complexity index is 2330. The average molecular weight is 997 g/mol. The Labute approximate surface area is 425 Å². The highest BCUT2D eigenvalue weighted by molar-refractivity contribution is 6.28. The van der Waals surface area contributed by atoms with Gasteiger partial charge in [0.15, 0.2) is 11.6 Å². The zero-order valence-electron chi connectivity index (χ0n) is 44.0. The van der Waals surface area contributed by atoms with Crippen molar-refractivity contribution in [3.63, 3.8) is 0 Å². The Morgan fingerprint density at radius 3 is 2.00 bits per heavy atom. The van der Waals surface area contributed by atoms with Crippen LogP contribution >= 0.6 is 0 Å². The molecule has 0 saturated carbocycles. The van der Waals surface area contributed by atoms with Gasteiger partial charge in [-0.2, -0.15) is 0 Å². The summed E-state index contributed by atoms with van der Waals surface area (Å²) < 4.78 is 12.0.